The van der Waals surface area contributed by atoms with Crippen LogP contribution in [0.2, 0.25) is 0 Å². The van der Waals surface area contributed by atoms with Crippen LogP contribution >= 0.6 is 0 Å². The number of carbonyl (C=O) groups excluding carboxylic acids is 2. The molecule has 3 amide bonds. The van der Waals surface area contributed by atoms with Crippen LogP contribution in [-0.4, -0.2) is 32.1 Å². The lowest BCUT2D eigenvalue weighted by Crippen LogP contribution is -2.41. The highest BCUT2D eigenvalue weighted by Crippen LogP contribution is 2.17. The Balaban J connectivity index is 2.48. The van der Waals surface area contributed by atoms with Crippen LogP contribution in [0, 0.1) is 0 Å². The van der Waals surface area contributed by atoms with Gasteiger partial charge in [-0.15, -0.1) is 0 Å². The van der Waals surface area contributed by atoms with E-state index in [9.17, 15) is 9.59 Å². The molecule has 3 N–H and O–H groups in total. The van der Waals surface area contributed by atoms with Gasteiger partial charge in [-0.3, -0.25) is 10.1 Å². The third-order valence-corrected chi connectivity index (χ3v) is 2.29. The topological polar surface area (TPSA) is 79.5 Å². The van der Waals surface area contributed by atoms with Crippen molar-refractivity contribution in [2.24, 2.45) is 0 Å². The number of imide groups is 1. The van der Waals surface area contributed by atoms with Gasteiger partial charge >= 0.3 is 6.03 Å². The summed E-state index contributed by atoms with van der Waals surface area (Å²) in [4.78, 5) is 22.6. The number of benzene rings is 1. The van der Waals surface area contributed by atoms with Crippen molar-refractivity contribution in [2.45, 2.75) is 13.5 Å². The third-order valence-electron chi connectivity index (χ3n) is 2.29. The molecule has 0 aliphatic heterocycles. The first-order valence-corrected chi connectivity index (χ1v) is 6.10. The average Bonchev–Trinajstić information content (AvgIpc) is 2.38. The SMILES string of the molecule is CCNC(=O)NC(=O)COc1ccccc1CNC. The Morgan fingerprint density at radius 1 is 1.26 bits per heavy atom. The molecule has 19 heavy (non-hydrogen) atoms. The smallest absolute Gasteiger partial charge is 0.321 e. The first-order valence-electron chi connectivity index (χ1n) is 6.10. The standard InChI is InChI=1S/C13H19N3O3/c1-3-15-13(18)16-12(17)9-19-11-7-5-4-6-10(11)8-14-2/h4-7,14H,3,8-9H2,1-2H3,(H2,15,16,17,18). The summed E-state index contributed by atoms with van der Waals surface area (Å²) in [5.74, 6) is 0.146. The number of nitrogens with one attached hydrogen (secondary N) is 3. The van der Waals surface area contributed by atoms with Crippen molar-refractivity contribution < 1.29 is 14.3 Å². The number of amides is 3. The summed E-state index contributed by atoms with van der Waals surface area (Å²) in [6.07, 6.45) is 0. The van der Waals surface area contributed by atoms with E-state index in [-0.39, 0.29) is 6.61 Å². The van der Waals surface area contributed by atoms with Crippen molar-refractivity contribution in [1.82, 2.24) is 16.0 Å². The monoisotopic (exact) mass is 265 g/mol. The van der Waals surface area contributed by atoms with Crippen LogP contribution in [-0.2, 0) is 11.3 Å². The molecule has 0 bridgehead atoms. The Bertz CT molecular complexity index is 435. The van der Waals surface area contributed by atoms with Gasteiger partial charge in [0.15, 0.2) is 6.61 Å². The molecule has 0 aliphatic carbocycles. The zero-order valence-electron chi connectivity index (χ0n) is 11.2. The van der Waals surface area contributed by atoms with E-state index < -0.39 is 11.9 Å². The lowest BCUT2D eigenvalue weighted by atomic mass is 10.2. The van der Waals surface area contributed by atoms with Gasteiger partial charge in [0.1, 0.15) is 5.75 Å². The molecule has 0 aromatic heterocycles. The van der Waals surface area contributed by atoms with E-state index in [1.54, 1.807) is 13.0 Å². The molecule has 0 atom stereocenters. The molecule has 0 heterocycles. The van der Waals surface area contributed by atoms with Crippen LogP contribution in [0.1, 0.15) is 12.5 Å². The molecule has 0 saturated carbocycles. The minimum absolute atomic E-state index is 0.197. The minimum Gasteiger partial charge on any atom is -0.483 e. The average molecular weight is 265 g/mol. The number of rotatable bonds is 6. The number of para-hydroxylation sites is 1. The zero-order chi connectivity index (χ0) is 14.1. The molecule has 1 rings (SSSR count). The van der Waals surface area contributed by atoms with Crippen molar-refractivity contribution in [1.29, 1.82) is 0 Å². The number of ether oxygens (including phenoxy) is 1. The van der Waals surface area contributed by atoms with E-state index in [2.05, 4.69) is 16.0 Å². The molecule has 1 aromatic rings. The Morgan fingerprint density at radius 3 is 2.68 bits per heavy atom. The molecule has 0 unspecified atom stereocenters. The summed E-state index contributed by atoms with van der Waals surface area (Å²) in [6, 6.07) is 6.91. The van der Waals surface area contributed by atoms with Crippen molar-refractivity contribution in [3.8, 4) is 5.75 Å². The van der Waals surface area contributed by atoms with Gasteiger partial charge < -0.3 is 15.4 Å². The summed E-state index contributed by atoms with van der Waals surface area (Å²) >= 11 is 0. The van der Waals surface area contributed by atoms with E-state index in [0.717, 1.165) is 5.56 Å². The molecule has 0 aliphatic rings. The van der Waals surface area contributed by atoms with E-state index in [1.165, 1.54) is 0 Å². The molecule has 0 radical (unpaired) electrons. The third kappa shape index (κ3) is 5.39. The van der Waals surface area contributed by atoms with Crippen LogP contribution in [0.3, 0.4) is 0 Å². The molecule has 0 saturated heterocycles. The Morgan fingerprint density at radius 2 is 2.00 bits per heavy atom. The fraction of sp³-hybridized carbons (Fsp3) is 0.385. The van der Waals surface area contributed by atoms with E-state index in [4.69, 9.17) is 4.74 Å². The molecule has 0 spiro atoms. The summed E-state index contributed by atoms with van der Waals surface area (Å²) in [5, 5.41) is 7.66. The van der Waals surface area contributed by atoms with Crippen molar-refractivity contribution in [3.63, 3.8) is 0 Å². The van der Waals surface area contributed by atoms with Crippen LogP contribution in [0.15, 0.2) is 24.3 Å². The van der Waals surface area contributed by atoms with Crippen molar-refractivity contribution in [3.05, 3.63) is 29.8 Å². The van der Waals surface area contributed by atoms with Crippen molar-refractivity contribution in [2.75, 3.05) is 20.2 Å². The molecule has 0 fully saturated rings. The maximum atomic E-state index is 11.5. The van der Waals surface area contributed by atoms with Gasteiger partial charge in [0.05, 0.1) is 0 Å². The minimum atomic E-state index is -0.514. The van der Waals surface area contributed by atoms with E-state index >= 15 is 0 Å². The predicted octanol–water partition coefficient (Wildman–Crippen LogP) is 0.630. The zero-order valence-corrected chi connectivity index (χ0v) is 11.2. The molecular weight excluding hydrogens is 246 g/mol. The van der Waals surface area contributed by atoms with Gasteiger partial charge in [0.2, 0.25) is 0 Å². The molecule has 104 valence electrons. The summed E-state index contributed by atoms with van der Waals surface area (Å²) in [5.41, 5.74) is 0.954. The van der Waals surface area contributed by atoms with Gasteiger partial charge in [-0.2, -0.15) is 0 Å². The number of carbonyl (C=O) groups is 2. The highest BCUT2D eigenvalue weighted by molar-refractivity contribution is 5.94. The van der Waals surface area contributed by atoms with Crippen LogP contribution in [0.5, 0.6) is 5.75 Å². The van der Waals surface area contributed by atoms with Crippen LogP contribution < -0.4 is 20.7 Å². The lowest BCUT2D eigenvalue weighted by Gasteiger charge is -2.11. The van der Waals surface area contributed by atoms with Crippen LogP contribution in [0.25, 0.3) is 0 Å². The van der Waals surface area contributed by atoms with Gasteiger partial charge in [-0.05, 0) is 20.0 Å². The van der Waals surface area contributed by atoms with E-state index in [1.807, 2.05) is 25.2 Å². The normalized spacial score (nSPS) is 9.79. The predicted molar refractivity (Wildman–Crippen MR) is 71.9 cm³/mol. The summed E-state index contributed by atoms with van der Waals surface area (Å²) in [7, 11) is 1.83. The van der Waals surface area contributed by atoms with Gasteiger partial charge in [-0.1, -0.05) is 18.2 Å². The largest absolute Gasteiger partial charge is 0.483 e. The molecule has 6 heteroatoms. The maximum absolute atomic E-state index is 11.5. The lowest BCUT2D eigenvalue weighted by molar-refractivity contribution is -0.122. The number of urea groups is 1. The van der Waals surface area contributed by atoms with Crippen molar-refractivity contribution >= 4 is 11.9 Å². The first kappa shape index (κ1) is 15.0. The van der Waals surface area contributed by atoms with Gasteiger partial charge in [0, 0.05) is 18.7 Å². The summed E-state index contributed by atoms with van der Waals surface area (Å²) in [6.45, 7) is 2.69. The second-order valence-corrected chi connectivity index (χ2v) is 3.83. The fourth-order valence-electron chi connectivity index (χ4n) is 1.49. The Kier molecular flexibility index (Phi) is 6.38. The number of hydrogen-bond acceptors (Lipinski definition) is 4. The maximum Gasteiger partial charge on any atom is 0.321 e. The Hall–Kier alpha value is -2.08. The number of hydrogen-bond donors (Lipinski definition) is 3. The second-order valence-electron chi connectivity index (χ2n) is 3.83. The van der Waals surface area contributed by atoms with Crippen LogP contribution in [0.4, 0.5) is 4.79 Å². The van der Waals surface area contributed by atoms with Gasteiger partial charge in [0.25, 0.3) is 5.91 Å². The highest BCUT2D eigenvalue weighted by atomic mass is 16.5. The summed E-state index contributed by atoms with van der Waals surface area (Å²) < 4.78 is 5.40. The van der Waals surface area contributed by atoms with Gasteiger partial charge in [-0.25, -0.2) is 4.79 Å². The highest BCUT2D eigenvalue weighted by Gasteiger charge is 2.08. The quantitative estimate of drug-likeness (QED) is 0.705. The molecule has 6 nitrogen and oxygen atoms in total. The molecule has 1 aromatic carbocycles. The van der Waals surface area contributed by atoms with E-state index in [0.29, 0.717) is 18.8 Å². The molecular formula is C13H19N3O3. The first-order chi connectivity index (χ1) is 9.17. The fourth-order valence-corrected chi connectivity index (χ4v) is 1.49. The Labute approximate surface area is 112 Å². The second kappa shape index (κ2) is 8.10.